The molecule has 2 amide bonds. The van der Waals surface area contributed by atoms with Gasteiger partial charge in [0.2, 0.25) is 0 Å². The van der Waals surface area contributed by atoms with Gasteiger partial charge in [-0.1, -0.05) is 18.2 Å². The highest BCUT2D eigenvalue weighted by molar-refractivity contribution is 7.98. The number of hydrogen-bond donors (Lipinski definition) is 3. The first-order valence-electron chi connectivity index (χ1n) is 6.89. The van der Waals surface area contributed by atoms with Gasteiger partial charge in [0.05, 0.1) is 0 Å². The van der Waals surface area contributed by atoms with E-state index in [0.717, 1.165) is 17.7 Å². The second-order valence-corrected chi connectivity index (χ2v) is 5.82. The van der Waals surface area contributed by atoms with E-state index < -0.39 is 5.97 Å². The van der Waals surface area contributed by atoms with Gasteiger partial charge in [-0.3, -0.25) is 4.79 Å². The van der Waals surface area contributed by atoms with E-state index in [1.165, 1.54) is 0 Å². The van der Waals surface area contributed by atoms with Crippen molar-refractivity contribution in [2.45, 2.75) is 32.2 Å². The molecule has 0 spiro atoms. The Kier molecular flexibility index (Phi) is 7.68. The van der Waals surface area contributed by atoms with Crippen LogP contribution >= 0.6 is 11.8 Å². The van der Waals surface area contributed by atoms with Gasteiger partial charge in [-0.05, 0) is 43.4 Å². The minimum atomic E-state index is -0.847. The first kappa shape index (κ1) is 17.4. The van der Waals surface area contributed by atoms with Crippen molar-refractivity contribution in [3.63, 3.8) is 0 Å². The molecule has 1 unspecified atom stereocenters. The fourth-order valence-corrected chi connectivity index (χ4v) is 2.44. The number of amides is 2. The van der Waals surface area contributed by atoms with Crippen molar-refractivity contribution in [2.24, 2.45) is 0 Å². The molecule has 0 bridgehead atoms. The van der Waals surface area contributed by atoms with Crippen LogP contribution in [0.5, 0.6) is 0 Å². The van der Waals surface area contributed by atoms with Crippen molar-refractivity contribution >= 4 is 29.4 Å². The minimum absolute atomic E-state index is 0.0461. The van der Waals surface area contributed by atoms with Gasteiger partial charge >= 0.3 is 12.0 Å². The monoisotopic (exact) mass is 310 g/mol. The lowest BCUT2D eigenvalue weighted by molar-refractivity contribution is -0.136. The van der Waals surface area contributed by atoms with E-state index in [-0.39, 0.29) is 18.5 Å². The maximum Gasteiger partial charge on any atom is 0.319 e. The molecule has 0 aliphatic rings. The number of carboxylic acid groups (broad SMARTS) is 1. The quantitative estimate of drug-likeness (QED) is 0.690. The first-order chi connectivity index (χ1) is 10.0. The van der Waals surface area contributed by atoms with Crippen molar-refractivity contribution in [2.75, 3.05) is 17.3 Å². The van der Waals surface area contributed by atoms with Gasteiger partial charge in [0.25, 0.3) is 0 Å². The Morgan fingerprint density at radius 3 is 2.71 bits per heavy atom. The number of nitrogens with one attached hydrogen (secondary N) is 2. The largest absolute Gasteiger partial charge is 0.481 e. The number of aryl methyl sites for hydroxylation is 1. The molecule has 0 saturated carbocycles. The summed E-state index contributed by atoms with van der Waals surface area (Å²) < 4.78 is 0. The topological polar surface area (TPSA) is 78.4 Å². The van der Waals surface area contributed by atoms with Crippen LogP contribution in [0, 0.1) is 0 Å². The third-order valence-electron chi connectivity index (χ3n) is 3.01. The second kappa shape index (κ2) is 9.28. The minimum Gasteiger partial charge on any atom is -0.481 e. The highest BCUT2D eigenvalue weighted by Gasteiger charge is 2.10. The number of benzene rings is 1. The Morgan fingerprint density at radius 2 is 2.05 bits per heavy atom. The fraction of sp³-hybridized carbons (Fsp3) is 0.467. The lowest BCUT2D eigenvalue weighted by Crippen LogP contribution is -2.36. The molecule has 6 heteroatoms. The third kappa shape index (κ3) is 7.04. The zero-order valence-electron chi connectivity index (χ0n) is 12.4. The van der Waals surface area contributed by atoms with Crippen LogP contribution in [0.25, 0.3) is 0 Å². The number of carboxylic acids is 1. The number of urea groups is 1. The summed E-state index contributed by atoms with van der Waals surface area (Å²) in [5.74, 6) is 0.149. The number of anilines is 1. The van der Waals surface area contributed by atoms with Crippen molar-refractivity contribution in [1.82, 2.24) is 5.32 Å². The van der Waals surface area contributed by atoms with Crippen LogP contribution < -0.4 is 10.6 Å². The van der Waals surface area contributed by atoms with Gasteiger partial charge in [-0.2, -0.15) is 11.8 Å². The van der Waals surface area contributed by atoms with Crippen LogP contribution in [0.4, 0.5) is 10.5 Å². The fourth-order valence-electron chi connectivity index (χ4n) is 1.85. The summed E-state index contributed by atoms with van der Waals surface area (Å²) in [6.07, 6.45) is 3.39. The molecule has 21 heavy (non-hydrogen) atoms. The summed E-state index contributed by atoms with van der Waals surface area (Å²) in [6.45, 7) is 1.96. The number of carbonyl (C=O) groups excluding carboxylic acids is 1. The van der Waals surface area contributed by atoms with E-state index in [1.54, 1.807) is 17.8 Å². The van der Waals surface area contributed by atoms with Crippen molar-refractivity contribution < 1.29 is 14.7 Å². The van der Waals surface area contributed by atoms with Crippen LogP contribution in [0.1, 0.15) is 25.3 Å². The number of thioether (sulfide) groups is 1. The smallest absolute Gasteiger partial charge is 0.319 e. The summed E-state index contributed by atoms with van der Waals surface area (Å²) in [7, 11) is 0. The third-order valence-corrected chi connectivity index (χ3v) is 3.65. The van der Waals surface area contributed by atoms with Gasteiger partial charge in [0, 0.05) is 18.2 Å². The molecule has 1 rings (SSSR count). The number of carbonyl (C=O) groups is 2. The Balaban J connectivity index is 2.57. The SMILES string of the molecule is CSCCC(C)NC(=O)Nc1ccccc1CCC(=O)O. The van der Waals surface area contributed by atoms with Crippen LogP contribution in [-0.2, 0) is 11.2 Å². The zero-order chi connectivity index (χ0) is 15.7. The molecular formula is C15H22N2O3S. The van der Waals surface area contributed by atoms with Gasteiger partial charge in [0.15, 0.2) is 0 Å². The zero-order valence-corrected chi connectivity index (χ0v) is 13.2. The molecule has 0 radical (unpaired) electrons. The molecule has 0 heterocycles. The summed E-state index contributed by atoms with van der Waals surface area (Å²) in [5, 5.41) is 14.4. The van der Waals surface area contributed by atoms with Gasteiger partial charge in [-0.25, -0.2) is 4.79 Å². The summed E-state index contributed by atoms with van der Waals surface area (Å²) in [4.78, 5) is 22.6. The van der Waals surface area contributed by atoms with Crippen LogP contribution in [0.2, 0.25) is 0 Å². The number of aliphatic carboxylic acids is 1. The molecule has 1 aromatic carbocycles. The highest BCUT2D eigenvalue weighted by atomic mass is 32.2. The molecule has 0 aromatic heterocycles. The normalized spacial score (nSPS) is 11.7. The molecule has 0 fully saturated rings. The Bertz CT molecular complexity index is 480. The molecule has 3 N–H and O–H groups in total. The summed E-state index contributed by atoms with van der Waals surface area (Å²) >= 11 is 1.75. The van der Waals surface area contributed by atoms with E-state index >= 15 is 0 Å². The molecule has 0 aliphatic carbocycles. The average Bonchev–Trinajstić information content (AvgIpc) is 2.44. The number of rotatable bonds is 8. The Labute approximate surface area is 129 Å². The van der Waals surface area contributed by atoms with E-state index in [2.05, 4.69) is 10.6 Å². The van der Waals surface area contributed by atoms with E-state index in [4.69, 9.17) is 5.11 Å². The van der Waals surface area contributed by atoms with Crippen molar-refractivity contribution in [3.8, 4) is 0 Å². The summed E-state index contributed by atoms with van der Waals surface area (Å²) in [6, 6.07) is 7.10. The maximum absolute atomic E-state index is 11.9. The van der Waals surface area contributed by atoms with E-state index in [0.29, 0.717) is 12.1 Å². The maximum atomic E-state index is 11.9. The first-order valence-corrected chi connectivity index (χ1v) is 8.28. The van der Waals surface area contributed by atoms with Gasteiger partial charge in [0.1, 0.15) is 0 Å². The van der Waals surface area contributed by atoms with Crippen LogP contribution in [0.3, 0.4) is 0 Å². The highest BCUT2D eigenvalue weighted by Crippen LogP contribution is 2.16. The van der Waals surface area contributed by atoms with Crippen LogP contribution in [0.15, 0.2) is 24.3 Å². The molecule has 0 saturated heterocycles. The number of para-hydroxylation sites is 1. The average molecular weight is 310 g/mol. The van der Waals surface area contributed by atoms with Crippen LogP contribution in [-0.4, -0.2) is 35.2 Å². The molecular weight excluding hydrogens is 288 g/mol. The van der Waals surface area contributed by atoms with Crippen molar-refractivity contribution in [3.05, 3.63) is 29.8 Å². The molecule has 116 valence electrons. The van der Waals surface area contributed by atoms with Crippen molar-refractivity contribution in [1.29, 1.82) is 0 Å². The number of hydrogen-bond acceptors (Lipinski definition) is 3. The predicted octanol–water partition coefficient (Wildman–Crippen LogP) is 2.97. The molecule has 5 nitrogen and oxygen atoms in total. The predicted molar refractivity (Wildman–Crippen MR) is 87.0 cm³/mol. The lowest BCUT2D eigenvalue weighted by Gasteiger charge is -2.15. The van der Waals surface area contributed by atoms with Gasteiger partial charge < -0.3 is 15.7 Å². The molecule has 0 aliphatic heterocycles. The second-order valence-electron chi connectivity index (χ2n) is 4.83. The van der Waals surface area contributed by atoms with Gasteiger partial charge in [-0.15, -0.1) is 0 Å². The molecule has 1 atom stereocenters. The Hall–Kier alpha value is -1.69. The Morgan fingerprint density at radius 1 is 1.33 bits per heavy atom. The standard InChI is InChI=1S/C15H22N2O3S/c1-11(9-10-21-2)16-15(20)17-13-6-4-3-5-12(13)7-8-14(18)19/h3-6,11H,7-10H2,1-2H3,(H,18,19)(H2,16,17,20). The van der Waals surface area contributed by atoms with E-state index in [9.17, 15) is 9.59 Å². The summed E-state index contributed by atoms with van der Waals surface area (Å²) in [5.41, 5.74) is 1.49. The molecule has 1 aromatic rings. The van der Waals surface area contributed by atoms with E-state index in [1.807, 2.05) is 31.4 Å². The lowest BCUT2D eigenvalue weighted by atomic mass is 10.1.